The Labute approximate surface area is 143 Å². The molecule has 0 aromatic heterocycles. The quantitative estimate of drug-likeness (QED) is 0.448. The number of rotatable bonds is 5. The van der Waals surface area contributed by atoms with Crippen molar-refractivity contribution in [2.45, 2.75) is 45.1 Å². The summed E-state index contributed by atoms with van der Waals surface area (Å²) in [6, 6.07) is 7.27. The normalized spacial score (nSPS) is 16.3. The highest BCUT2D eigenvalue weighted by atomic mass is 127. The van der Waals surface area contributed by atoms with Crippen molar-refractivity contribution in [2.75, 3.05) is 13.1 Å². The van der Waals surface area contributed by atoms with Crippen molar-refractivity contribution in [1.29, 1.82) is 0 Å². The molecule has 0 unspecified atom stereocenters. The van der Waals surface area contributed by atoms with Gasteiger partial charge in [0.05, 0.1) is 6.54 Å². The number of hydrogen-bond acceptors (Lipinski definition) is 1. The van der Waals surface area contributed by atoms with Crippen LogP contribution in [0.2, 0.25) is 0 Å². The van der Waals surface area contributed by atoms with Crippen molar-refractivity contribution in [3.05, 3.63) is 35.6 Å². The first-order valence-corrected chi connectivity index (χ1v) is 7.36. The van der Waals surface area contributed by atoms with Gasteiger partial charge in [-0.2, -0.15) is 0 Å². The third kappa shape index (κ3) is 5.13. The molecule has 1 aromatic rings. The second kappa shape index (κ2) is 7.96. The summed E-state index contributed by atoms with van der Waals surface area (Å²) < 4.78 is 13.4. The first-order valence-electron chi connectivity index (χ1n) is 7.36. The highest BCUT2D eigenvalue weighted by Gasteiger charge is 2.44. The van der Waals surface area contributed by atoms with E-state index in [1.165, 1.54) is 6.07 Å². The van der Waals surface area contributed by atoms with E-state index in [1.807, 2.05) is 6.07 Å². The average Bonchev–Trinajstić information content (AvgIpc) is 3.17. The van der Waals surface area contributed by atoms with Gasteiger partial charge in [0.1, 0.15) is 5.82 Å². The Morgan fingerprint density at radius 1 is 1.38 bits per heavy atom. The fourth-order valence-electron chi connectivity index (χ4n) is 2.33. The van der Waals surface area contributed by atoms with Crippen molar-refractivity contribution in [3.63, 3.8) is 0 Å². The smallest absolute Gasteiger partial charge is 0.191 e. The first kappa shape index (κ1) is 18.2. The summed E-state index contributed by atoms with van der Waals surface area (Å²) in [6.45, 7) is 7.78. The van der Waals surface area contributed by atoms with Gasteiger partial charge in [-0.3, -0.25) is 4.99 Å². The summed E-state index contributed by atoms with van der Waals surface area (Å²) >= 11 is 0. The predicted molar refractivity (Wildman–Crippen MR) is 97.0 cm³/mol. The molecule has 0 aliphatic heterocycles. The first-order chi connectivity index (χ1) is 9.55. The summed E-state index contributed by atoms with van der Waals surface area (Å²) in [5.41, 5.74) is 1.11. The number of guanidine groups is 1. The van der Waals surface area contributed by atoms with Crippen molar-refractivity contribution in [2.24, 2.45) is 4.99 Å². The molecule has 1 aliphatic rings. The molecule has 1 aromatic carbocycles. The van der Waals surface area contributed by atoms with Gasteiger partial charge in [-0.15, -0.1) is 24.0 Å². The number of halogens is 2. The van der Waals surface area contributed by atoms with E-state index in [1.54, 1.807) is 12.1 Å². The van der Waals surface area contributed by atoms with E-state index in [2.05, 4.69) is 36.4 Å². The van der Waals surface area contributed by atoms with Crippen LogP contribution in [0.4, 0.5) is 4.39 Å². The highest BCUT2D eigenvalue weighted by molar-refractivity contribution is 14.0. The molecule has 0 radical (unpaired) electrons. The second-order valence-corrected chi connectivity index (χ2v) is 5.78. The SMILES string of the molecule is CCNC(=NCC1(c2cccc(F)c2)CC1)NC(C)C.I. The highest BCUT2D eigenvalue weighted by Crippen LogP contribution is 2.48. The lowest BCUT2D eigenvalue weighted by Gasteiger charge is -2.17. The van der Waals surface area contributed by atoms with Crippen LogP contribution in [0, 0.1) is 5.82 Å². The fourth-order valence-corrected chi connectivity index (χ4v) is 2.33. The minimum Gasteiger partial charge on any atom is -0.357 e. The summed E-state index contributed by atoms with van der Waals surface area (Å²) in [7, 11) is 0. The maximum absolute atomic E-state index is 13.4. The van der Waals surface area contributed by atoms with E-state index < -0.39 is 0 Å². The third-order valence-electron chi connectivity index (χ3n) is 3.60. The molecular formula is C16H25FIN3. The van der Waals surface area contributed by atoms with Gasteiger partial charge in [0, 0.05) is 18.0 Å². The molecule has 0 bridgehead atoms. The Morgan fingerprint density at radius 3 is 2.62 bits per heavy atom. The zero-order valence-electron chi connectivity index (χ0n) is 12.9. The van der Waals surface area contributed by atoms with Gasteiger partial charge in [0.2, 0.25) is 0 Å². The van der Waals surface area contributed by atoms with Crippen LogP contribution < -0.4 is 10.6 Å². The number of benzene rings is 1. The standard InChI is InChI=1S/C16H24FN3.HI/c1-4-18-15(20-12(2)3)19-11-16(8-9-16)13-6-5-7-14(17)10-13;/h5-7,10,12H,4,8-9,11H2,1-3H3,(H2,18,19,20);1H. The van der Waals surface area contributed by atoms with E-state index in [0.717, 1.165) is 30.9 Å². The molecule has 0 spiro atoms. The van der Waals surface area contributed by atoms with Crippen molar-refractivity contribution in [3.8, 4) is 0 Å². The summed E-state index contributed by atoms with van der Waals surface area (Å²) in [5, 5.41) is 6.55. The third-order valence-corrected chi connectivity index (χ3v) is 3.60. The maximum atomic E-state index is 13.4. The van der Waals surface area contributed by atoms with E-state index in [-0.39, 0.29) is 35.2 Å². The molecular weight excluding hydrogens is 380 g/mol. The van der Waals surface area contributed by atoms with Gasteiger partial charge < -0.3 is 10.6 Å². The van der Waals surface area contributed by atoms with Crippen LogP contribution >= 0.6 is 24.0 Å². The number of nitrogens with one attached hydrogen (secondary N) is 2. The van der Waals surface area contributed by atoms with Crippen LogP contribution in [0.5, 0.6) is 0 Å². The number of hydrogen-bond donors (Lipinski definition) is 2. The molecule has 0 heterocycles. The van der Waals surface area contributed by atoms with Crippen LogP contribution in [0.25, 0.3) is 0 Å². The van der Waals surface area contributed by atoms with E-state index >= 15 is 0 Å². The lowest BCUT2D eigenvalue weighted by molar-refractivity contribution is 0.615. The van der Waals surface area contributed by atoms with E-state index in [0.29, 0.717) is 12.6 Å². The van der Waals surface area contributed by atoms with E-state index in [9.17, 15) is 4.39 Å². The predicted octanol–water partition coefficient (Wildman–Crippen LogP) is 3.44. The zero-order chi connectivity index (χ0) is 14.6. The van der Waals surface area contributed by atoms with Gasteiger partial charge in [0.25, 0.3) is 0 Å². The molecule has 1 aliphatic carbocycles. The Balaban J connectivity index is 0.00000220. The molecule has 0 amide bonds. The van der Waals surface area contributed by atoms with Gasteiger partial charge in [-0.1, -0.05) is 12.1 Å². The minimum absolute atomic E-state index is 0. The van der Waals surface area contributed by atoms with E-state index in [4.69, 9.17) is 0 Å². The second-order valence-electron chi connectivity index (χ2n) is 5.78. The van der Waals surface area contributed by atoms with Gasteiger partial charge in [-0.25, -0.2) is 4.39 Å². The van der Waals surface area contributed by atoms with Crippen molar-refractivity contribution >= 4 is 29.9 Å². The van der Waals surface area contributed by atoms with Crippen LogP contribution in [0.1, 0.15) is 39.2 Å². The topological polar surface area (TPSA) is 36.4 Å². The lowest BCUT2D eigenvalue weighted by Crippen LogP contribution is -2.41. The molecule has 1 saturated carbocycles. The maximum Gasteiger partial charge on any atom is 0.191 e. The zero-order valence-corrected chi connectivity index (χ0v) is 15.3. The molecule has 5 heteroatoms. The van der Waals surface area contributed by atoms with Crippen molar-refractivity contribution in [1.82, 2.24) is 10.6 Å². The van der Waals surface area contributed by atoms with Gasteiger partial charge in [-0.05, 0) is 51.3 Å². The van der Waals surface area contributed by atoms with Crippen molar-refractivity contribution < 1.29 is 4.39 Å². The molecule has 1 fully saturated rings. The number of aliphatic imine (C=N–C) groups is 1. The summed E-state index contributed by atoms with van der Waals surface area (Å²) in [4.78, 5) is 4.67. The monoisotopic (exact) mass is 405 g/mol. The minimum atomic E-state index is -0.162. The lowest BCUT2D eigenvalue weighted by atomic mass is 9.96. The van der Waals surface area contributed by atoms with Crippen LogP contribution in [0.15, 0.2) is 29.3 Å². The molecule has 2 N–H and O–H groups in total. The van der Waals surface area contributed by atoms with Gasteiger partial charge >= 0.3 is 0 Å². The van der Waals surface area contributed by atoms with Crippen LogP contribution in [0.3, 0.4) is 0 Å². The summed E-state index contributed by atoms with van der Waals surface area (Å²) in [5.74, 6) is 0.676. The van der Waals surface area contributed by atoms with Crippen LogP contribution in [-0.4, -0.2) is 25.1 Å². The molecule has 21 heavy (non-hydrogen) atoms. The molecule has 118 valence electrons. The molecule has 3 nitrogen and oxygen atoms in total. The summed E-state index contributed by atoms with van der Waals surface area (Å²) in [6.07, 6.45) is 2.17. The average molecular weight is 405 g/mol. The molecule has 0 saturated heterocycles. The van der Waals surface area contributed by atoms with Crippen LogP contribution in [-0.2, 0) is 5.41 Å². The Hall–Kier alpha value is -0.850. The largest absolute Gasteiger partial charge is 0.357 e. The van der Waals surface area contributed by atoms with Gasteiger partial charge in [0.15, 0.2) is 5.96 Å². The molecule has 2 rings (SSSR count). The molecule has 0 atom stereocenters. The Bertz CT molecular complexity index is 484. The Kier molecular flexibility index (Phi) is 6.90. The Morgan fingerprint density at radius 2 is 2.10 bits per heavy atom. The number of nitrogens with zero attached hydrogens (tertiary/aromatic N) is 1. The fraction of sp³-hybridized carbons (Fsp3) is 0.562.